The summed E-state index contributed by atoms with van der Waals surface area (Å²) in [6, 6.07) is 16.1. The Morgan fingerprint density at radius 3 is 2.42 bits per heavy atom. The average molecular weight is 483 g/mol. The molecule has 8 heteroatoms. The van der Waals surface area contributed by atoms with E-state index in [9.17, 15) is 14.4 Å². The summed E-state index contributed by atoms with van der Waals surface area (Å²) in [5, 5.41) is 0. The van der Waals surface area contributed by atoms with Crippen molar-refractivity contribution in [2.45, 2.75) is 32.8 Å². The number of barbiturate groups is 1. The van der Waals surface area contributed by atoms with Crippen LogP contribution in [0.1, 0.15) is 31.7 Å². The number of nitrogens with zero attached hydrogens (tertiary/aromatic N) is 2. The monoisotopic (exact) mass is 482 g/mol. The lowest BCUT2D eigenvalue weighted by Gasteiger charge is -2.35. The van der Waals surface area contributed by atoms with Crippen molar-refractivity contribution in [1.82, 2.24) is 4.90 Å². The van der Waals surface area contributed by atoms with Crippen molar-refractivity contribution in [3.8, 4) is 5.75 Å². The summed E-state index contributed by atoms with van der Waals surface area (Å²) < 4.78 is 6.61. The van der Waals surface area contributed by atoms with Crippen LogP contribution in [0.3, 0.4) is 0 Å². The summed E-state index contributed by atoms with van der Waals surface area (Å²) in [6.45, 7) is 2.66. The van der Waals surface area contributed by atoms with Gasteiger partial charge in [-0.25, -0.2) is 9.69 Å². The van der Waals surface area contributed by atoms with Crippen LogP contribution in [0.2, 0.25) is 0 Å². The molecule has 172 valence electrons. The lowest BCUT2D eigenvalue weighted by atomic mass is 10.1. The van der Waals surface area contributed by atoms with E-state index in [1.165, 1.54) is 28.4 Å². The number of carbonyl (C=O) groups excluding carboxylic acids is 3. The van der Waals surface area contributed by atoms with E-state index in [4.69, 9.17) is 4.74 Å². The second kappa shape index (κ2) is 10.9. The zero-order valence-corrected chi connectivity index (χ0v) is 20.1. The highest BCUT2D eigenvalue weighted by Crippen LogP contribution is 2.40. The fraction of sp³-hybridized carbons (Fsp3) is 0.320. The van der Waals surface area contributed by atoms with Crippen molar-refractivity contribution in [3.05, 3.63) is 70.0 Å². The third-order valence-corrected chi connectivity index (χ3v) is 7.94. The van der Waals surface area contributed by atoms with Gasteiger partial charge in [0.2, 0.25) is 0 Å². The average Bonchev–Trinajstić information content (AvgIpc) is 2.84. The molecule has 4 amide bonds. The van der Waals surface area contributed by atoms with Crippen molar-refractivity contribution in [2.75, 3.05) is 23.0 Å². The van der Waals surface area contributed by atoms with Crippen LogP contribution in [-0.2, 0) is 16.2 Å². The second-order valence-corrected chi connectivity index (χ2v) is 10.2. The van der Waals surface area contributed by atoms with Crippen LogP contribution >= 0.6 is 23.5 Å². The zero-order chi connectivity index (χ0) is 23.2. The van der Waals surface area contributed by atoms with E-state index in [0.29, 0.717) is 28.7 Å². The Labute approximate surface area is 202 Å². The van der Waals surface area contributed by atoms with E-state index in [1.54, 1.807) is 24.3 Å². The Kier molecular flexibility index (Phi) is 7.77. The number of hydrogen-bond acceptors (Lipinski definition) is 6. The predicted molar refractivity (Wildman–Crippen MR) is 133 cm³/mol. The minimum atomic E-state index is -0.603. The van der Waals surface area contributed by atoms with Crippen LogP contribution in [0.25, 0.3) is 0 Å². The molecule has 4 rings (SSSR count). The summed E-state index contributed by atoms with van der Waals surface area (Å²) in [5.74, 6) is 1.22. The van der Waals surface area contributed by atoms with Gasteiger partial charge in [0.1, 0.15) is 17.9 Å². The van der Waals surface area contributed by atoms with Crippen molar-refractivity contribution in [2.24, 2.45) is 0 Å². The number of unbranched alkanes of at least 4 members (excludes halogenated alkanes) is 1. The molecule has 0 radical (unpaired) electrons. The van der Waals surface area contributed by atoms with Crippen LogP contribution in [-0.4, -0.2) is 40.8 Å². The van der Waals surface area contributed by atoms with E-state index >= 15 is 0 Å². The lowest BCUT2D eigenvalue weighted by Crippen LogP contribution is -2.57. The van der Waals surface area contributed by atoms with Crippen LogP contribution in [0.5, 0.6) is 5.75 Å². The molecule has 2 aromatic carbocycles. The number of amides is 4. The summed E-state index contributed by atoms with van der Waals surface area (Å²) >= 11 is 3.04. The maximum Gasteiger partial charge on any atom is 0.338 e. The van der Waals surface area contributed by atoms with Crippen molar-refractivity contribution >= 4 is 47.1 Å². The second-order valence-electron chi connectivity index (χ2n) is 7.72. The fourth-order valence-corrected chi connectivity index (χ4v) is 6.18. The standard InChI is InChI=1S/C25H26N2O4S2/c1-2-3-13-26-22(28)21(24-32-14-8-15-33-24)23(29)27(25(26)30)19-11-7-12-20(16-19)31-17-18-9-5-4-6-10-18/h4-7,9-12,16H,2-3,8,13-15,17H2,1H3. The first-order valence-electron chi connectivity index (χ1n) is 11.1. The van der Waals surface area contributed by atoms with Gasteiger partial charge in [-0.05, 0) is 42.0 Å². The number of rotatable bonds is 7. The summed E-state index contributed by atoms with van der Waals surface area (Å²) in [7, 11) is 0. The molecule has 6 nitrogen and oxygen atoms in total. The zero-order valence-electron chi connectivity index (χ0n) is 18.5. The molecule has 2 saturated heterocycles. The van der Waals surface area contributed by atoms with E-state index in [0.717, 1.165) is 34.8 Å². The molecule has 2 aliphatic rings. The number of anilines is 1. The third kappa shape index (κ3) is 5.28. The topological polar surface area (TPSA) is 66.9 Å². The van der Waals surface area contributed by atoms with Gasteiger partial charge >= 0.3 is 6.03 Å². The molecular weight excluding hydrogens is 456 g/mol. The highest BCUT2D eigenvalue weighted by atomic mass is 32.2. The minimum absolute atomic E-state index is 0.107. The summed E-state index contributed by atoms with van der Waals surface area (Å²) in [5.41, 5.74) is 1.52. The van der Waals surface area contributed by atoms with Crippen LogP contribution in [0, 0.1) is 0 Å². The first-order chi connectivity index (χ1) is 16.1. The fourth-order valence-electron chi connectivity index (χ4n) is 3.58. The molecule has 2 aromatic rings. The Balaban J connectivity index is 1.65. The molecule has 0 aliphatic carbocycles. The highest BCUT2D eigenvalue weighted by molar-refractivity contribution is 8.22. The van der Waals surface area contributed by atoms with E-state index in [-0.39, 0.29) is 12.1 Å². The molecule has 0 bridgehead atoms. The molecule has 0 unspecified atom stereocenters. The normalized spacial score (nSPS) is 17.1. The van der Waals surface area contributed by atoms with Crippen LogP contribution < -0.4 is 9.64 Å². The number of benzene rings is 2. The Morgan fingerprint density at radius 2 is 1.70 bits per heavy atom. The van der Waals surface area contributed by atoms with E-state index in [2.05, 4.69) is 0 Å². The molecule has 0 aromatic heterocycles. The first-order valence-corrected chi connectivity index (χ1v) is 13.0. The van der Waals surface area contributed by atoms with Crippen molar-refractivity contribution in [3.63, 3.8) is 0 Å². The number of imide groups is 2. The van der Waals surface area contributed by atoms with Crippen LogP contribution in [0.15, 0.2) is 64.4 Å². The van der Waals surface area contributed by atoms with Crippen molar-refractivity contribution < 1.29 is 19.1 Å². The Morgan fingerprint density at radius 1 is 0.939 bits per heavy atom. The molecule has 0 atom stereocenters. The maximum absolute atomic E-state index is 13.5. The van der Waals surface area contributed by atoms with E-state index < -0.39 is 17.8 Å². The highest BCUT2D eigenvalue weighted by Gasteiger charge is 2.44. The number of ether oxygens (including phenoxy) is 1. The number of hydrogen-bond donors (Lipinski definition) is 0. The van der Waals surface area contributed by atoms with Gasteiger partial charge in [0.25, 0.3) is 11.8 Å². The van der Waals surface area contributed by atoms with Gasteiger partial charge in [0, 0.05) is 12.6 Å². The number of urea groups is 1. The number of thioether (sulfide) groups is 2. The predicted octanol–water partition coefficient (Wildman–Crippen LogP) is 5.44. The largest absolute Gasteiger partial charge is 0.489 e. The summed E-state index contributed by atoms with van der Waals surface area (Å²) in [6.07, 6.45) is 2.54. The quantitative estimate of drug-likeness (QED) is 0.387. The Bertz CT molecular complexity index is 1060. The van der Waals surface area contributed by atoms with Gasteiger partial charge in [-0.3, -0.25) is 14.5 Å². The summed E-state index contributed by atoms with van der Waals surface area (Å²) in [4.78, 5) is 42.3. The van der Waals surface area contributed by atoms with Crippen molar-refractivity contribution in [1.29, 1.82) is 0 Å². The van der Waals surface area contributed by atoms with Gasteiger partial charge < -0.3 is 4.74 Å². The molecule has 0 spiro atoms. The SMILES string of the molecule is CCCCN1C(=O)C(=C2SCCCS2)C(=O)N(c2cccc(OCc3ccccc3)c2)C1=O. The molecule has 0 saturated carbocycles. The lowest BCUT2D eigenvalue weighted by molar-refractivity contribution is -0.129. The van der Waals surface area contributed by atoms with Gasteiger partial charge in [0.05, 0.1) is 9.92 Å². The minimum Gasteiger partial charge on any atom is -0.489 e. The maximum atomic E-state index is 13.5. The molecule has 0 N–H and O–H groups in total. The molecular formula is C25H26N2O4S2. The van der Waals surface area contributed by atoms with Crippen LogP contribution in [0.4, 0.5) is 10.5 Å². The van der Waals surface area contributed by atoms with Gasteiger partial charge in [-0.2, -0.15) is 0 Å². The first kappa shape index (κ1) is 23.4. The number of carbonyl (C=O) groups is 3. The molecule has 2 heterocycles. The molecule has 2 aliphatic heterocycles. The van der Waals surface area contributed by atoms with E-state index in [1.807, 2.05) is 37.3 Å². The Hall–Kier alpha value is -2.71. The molecule has 2 fully saturated rings. The van der Waals surface area contributed by atoms with Gasteiger partial charge in [-0.1, -0.05) is 49.7 Å². The molecule has 33 heavy (non-hydrogen) atoms. The van der Waals surface area contributed by atoms with Gasteiger partial charge in [-0.15, -0.1) is 23.5 Å². The third-order valence-electron chi connectivity index (χ3n) is 5.32. The smallest absolute Gasteiger partial charge is 0.338 e. The van der Waals surface area contributed by atoms with Gasteiger partial charge in [0.15, 0.2) is 0 Å².